The van der Waals surface area contributed by atoms with Crippen molar-refractivity contribution in [3.63, 3.8) is 0 Å². The van der Waals surface area contributed by atoms with Gasteiger partial charge in [0.05, 0.1) is 6.04 Å². The monoisotopic (exact) mass is 254 g/mol. The lowest BCUT2D eigenvalue weighted by molar-refractivity contribution is -0.155. The molecule has 100 valence electrons. The van der Waals surface area contributed by atoms with Gasteiger partial charge in [0.15, 0.2) is 5.78 Å². The molecule has 0 aromatic heterocycles. The number of cyclic esters (lactones) is 1. The Balaban J connectivity index is 2.34. The molecule has 0 aromatic rings. The number of nitrogens with zero attached hydrogens (tertiary/aromatic N) is 1. The van der Waals surface area contributed by atoms with E-state index in [0.717, 1.165) is 6.42 Å². The van der Waals surface area contributed by atoms with Gasteiger partial charge in [0.25, 0.3) is 0 Å². The van der Waals surface area contributed by atoms with E-state index in [0.29, 0.717) is 12.8 Å². The summed E-state index contributed by atoms with van der Waals surface area (Å²) in [5.41, 5.74) is 0. The second-order valence-corrected chi connectivity index (χ2v) is 4.79. The second kappa shape index (κ2) is 5.06. The Morgan fingerprint density at radius 1 is 1.39 bits per heavy atom. The number of piperidine rings is 1. The van der Waals surface area contributed by atoms with E-state index in [1.807, 2.05) is 0 Å². The van der Waals surface area contributed by atoms with Crippen LogP contribution in [0.2, 0.25) is 0 Å². The van der Waals surface area contributed by atoms with Crippen molar-refractivity contribution >= 4 is 17.7 Å². The zero-order chi connectivity index (χ0) is 13.3. The van der Waals surface area contributed by atoms with Gasteiger partial charge in [-0.15, -0.1) is 0 Å². The average Bonchev–Trinajstić information content (AvgIpc) is 2.48. The van der Waals surface area contributed by atoms with Crippen molar-refractivity contribution < 1.29 is 19.1 Å². The van der Waals surface area contributed by atoms with Gasteiger partial charge in [-0.1, -0.05) is 0 Å². The number of carbonyl (C=O) groups excluding carboxylic acids is 3. The molecule has 6 heteroatoms. The third-order valence-corrected chi connectivity index (χ3v) is 3.66. The molecule has 2 aliphatic rings. The van der Waals surface area contributed by atoms with Crippen molar-refractivity contribution in [1.82, 2.24) is 10.2 Å². The maximum absolute atomic E-state index is 12.4. The summed E-state index contributed by atoms with van der Waals surface area (Å²) in [5.74, 6) is -0.682. The van der Waals surface area contributed by atoms with E-state index in [1.54, 1.807) is 7.05 Å². The first kappa shape index (κ1) is 13.0. The fraction of sp³-hybridized carbons (Fsp3) is 0.750. The highest BCUT2D eigenvalue weighted by atomic mass is 16.5. The topological polar surface area (TPSA) is 75.7 Å². The highest BCUT2D eigenvalue weighted by Gasteiger charge is 2.45. The van der Waals surface area contributed by atoms with Gasteiger partial charge in [-0.2, -0.15) is 0 Å². The smallest absolute Gasteiger partial charge is 0.328 e. The van der Waals surface area contributed by atoms with E-state index in [9.17, 15) is 14.4 Å². The van der Waals surface area contributed by atoms with Gasteiger partial charge < -0.3 is 15.0 Å². The lowest BCUT2D eigenvalue weighted by atomic mass is 9.93. The molecule has 18 heavy (non-hydrogen) atoms. The van der Waals surface area contributed by atoms with Gasteiger partial charge in [-0.25, -0.2) is 4.79 Å². The molecular formula is C12H18N2O4. The molecule has 0 radical (unpaired) electrons. The first-order chi connectivity index (χ1) is 8.56. The SMILES string of the molecule is CN[C@H]1COC(=O)C2CCC[C@@H](C(C)=O)N2C1=O. The van der Waals surface area contributed by atoms with Gasteiger partial charge in [-0.3, -0.25) is 9.59 Å². The quantitative estimate of drug-likeness (QED) is 0.670. The van der Waals surface area contributed by atoms with Crippen LogP contribution in [0.25, 0.3) is 0 Å². The Kier molecular flexibility index (Phi) is 3.65. The van der Waals surface area contributed by atoms with E-state index >= 15 is 0 Å². The van der Waals surface area contributed by atoms with Gasteiger partial charge in [0.1, 0.15) is 18.7 Å². The average molecular weight is 254 g/mol. The number of ether oxygens (including phenoxy) is 1. The standard InChI is InChI=1S/C12H18N2O4/c1-7(15)9-4-3-5-10-12(17)18-6-8(13-2)11(16)14(9)10/h8-10,13H,3-6H2,1-2H3/t8-,9-,10?/m0/s1. The van der Waals surface area contributed by atoms with Crippen molar-refractivity contribution in [2.24, 2.45) is 0 Å². The highest BCUT2D eigenvalue weighted by molar-refractivity contribution is 5.94. The molecule has 1 N–H and O–H groups in total. The maximum Gasteiger partial charge on any atom is 0.328 e. The predicted octanol–water partition coefficient (Wildman–Crippen LogP) is -0.530. The van der Waals surface area contributed by atoms with Crippen LogP contribution in [-0.4, -0.2) is 54.3 Å². The Hall–Kier alpha value is -1.43. The van der Waals surface area contributed by atoms with Crippen LogP contribution >= 0.6 is 0 Å². The van der Waals surface area contributed by atoms with E-state index in [-0.39, 0.29) is 18.3 Å². The number of fused-ring (bicyclic) bond motifs is 1. The van der Waals surface area contributed by atoms with Crippen molar-refractivity contribution in [3.05, 3.63) is 0 Å². The van der Waals surface area contributed by atoms with Crippen LogP contribution in [0.15, 0.2) is 0 Å². The van der Waals surface area contributed by atoms with Crippen LogP contribution in [0.1, 0.15) is 26.2 Å². The summed E-state index contributed by atoms with van der Waals surface area (Å²) in [6, 6.07) is -1.64. The van der Waals surface area contributed by atoms with Crippen molar-refractivity contribution in [2.45, 2.75) is 44.3 Å². The molecule has 2 aliphatic heterocycles. The van der Waals surface area contributed by atoms with E-state index < -0.39 is 24.1 Å². The summed E-state index contributed by atoms with van der Waals surface area (Å²) in [5, 5.41) is 2.83. The normalized spacial score (nSPS) is 32.6. The fourth-order valence-corrected chi connectivity index (χ4v) is 2.66. The van der Waals surface area contributed by atoms with Gasteiger partial charge in [-0.05, 0) is 33.2 Å². The minimum absolute atomic E-state index is 0.0335. The van der Waals surface area contributed by atoms with Crippen LogP contribution in [0.4, 0.5) is 0 Å². The third-order valence-electron chi connectivity index (χ3n) is 3.66. The Labute approximate surface area is 106 Å². The molecule has 0 aliphatic carbocycles. The number of hydrogen-bond donors (Lipinski definition) is 1. The minimum Gasteiger partial charge on any atom is -0.462 e. The summed E-state index contributed by atoms with van der Waals surface area (Å²) in [6.45, 7) is 1.50. The minimum atomic E-state index is -0.599. The second-order valence-electron chi connectivity index (χ2n) is 4.79. The fourth-order valence-electron chi connectivity index (χ4n) is 2.66. The number of nitrogens with one attached hydrogen (secondary N) is 1. The molecule has 3 atom stereocenters. The summed E-state index contributed by atoms with van der Waals surface area (Å²) >= 11 is 0. The molecule has 2 saturated heterocycles. The lowest BCUT2D eigenvalue weighted by Crippen LogP contribution is -2.58. The Morgan fingerprint density at radius 2 is 2.11 bits per heavy atom. The predicted molar refractivity (Wildman–Crippen MR) is 62.8 cm³/mol. The zero-order valence-corrected chi connectivity index (χ0v) is 10.6. The number of amides is 1. The van der Waals surface area contributed by atoms with Crippen molar-refractivity contribution in [3.8, 4) is 0 Å². The summed E-state index contributed by atoms with van der Waals surface area (Å²) in [6.07, 6.45) is 1.96. The van der Waals surface area contributed by atoms with Crippen LogP contribution in [-0.2, 0) is 19.1 Å². The van der Waals surface area contributed by atoms with Crippen molar-refractivity contribution in [2.75, 3.05) is 13.7 Å². The molecule has 0 saturated carbocycles. The molecule has 2 heterocycles. The number of rotatable bonds is 2. The number of carbonyl (C=O) groups is 3. The first-order valence-corrected chi connectivity index (χ1v) is 6.22. The molecule has 0 aromatic carbocycles. The van der Waals surface area contributed by atoms with E-state index in [1.165, 1.54) is 11.8 Å². The van der Waals surface area contributed by atoms with Crippen molar-refractivity contribution in [1.29, 1.82) is 0 Å². The molecule has 0 bridgehead atoms. The van der Waals surface area contributed by atoms with Crippen LogP contribution in [0.3, 0.4) is 0 Å². The molecule has 0 spiro atoms. The molecule has 2 rings (SSSR count). The van der Waals surface area contributed by atoms with Crippen LogP contribution in [0, 0.1) is 0 Å². The van der Waals surface area contributed by atoms with Crippen LogP contribution < -0.4 is 5.32 Å². The largest absolute Gasteiger partial charge is 0.462 e. The molecule has 2 fully saturated rings. The lowest BCUT2D eigenvalue weighted by Gasteiger charge is -2.38. The van der Waals surface area contributed by atoms with E-state index in [2.05, 4.69) is 5.32 Å². The van der Waals surface area contributed by atoms with E-state index in [4.69, 9.17) is 4.74 Å². The number of Topliss-reactive ketones (excluding diaryl/α,β-unsaturated/α-hetero) is 1. The Morgan fingerprint density at radius 3 is 2.72 bits per heavy atom. The molecule has 1 unspecified atom stereocenters. The number of ketones is 1. The molecule has 1 amide bonds. The molecule has 6 nitrogen and oxygen atoms in total. The maximum atomic E-state index is 12.4. The summed E-state index contributed by atoms with van der Waals surface area (Å²) < 4.78 is 5.10. The number of likely N-dealkylation sites (N-methyl/N-ethyl adjacent to an activating group) is 1. The number of esters is 1. The summed E-state index contributed by atoms with van der Waals surface area (Å²) in [7, 11) is 1.64. The van der Waals surface area contributed by atoms with Gasteiger partial charge in [0, 0.05) is 0 Å². The number of hydrogen-bond acceptors (Lipinski definition) is 5. The summed E-state index contributed by atoms with van der Waals surface area (Å²) in [4.78, 5) is 37.3. The van der Waals surface area contributed by atoms with Crippen LogP contribution in [0.5, 0.6) is 0 Å². The Bertz CT molecular complexity index is 382. The van der Waals surface area contributed by atoms with Gasteiger partial charge >= 0.3 is 5.97 Å². The van der Waals surface area contributed by atoms with Gasteiger partial charge in [0.2, 0.25) is 5.91 Å². The zero-order valence-electron chi connectivity index (χ0n) is 10.6. The highest BCUT2D eigenvalue weighted by Crippen LogP contribution is 2.27. The molecular weight excluding hydrogens is 236 g/mol. The third kappa shape index (κ3) is 2.12. The first-order valence-electron chi connectivity index (χ1n) is 6.22.